The van der Waals surface area contributed by atoms with Crippen LogP contribution >= 0.6 is 11.8 Å². The van der Waals surface area contributed by atoms with E-state index in [2.05, 4.69) is 34.2 Å². The highest BCUT2D eigenvalue weighted by molar-refractivity contribution is 7.98. The predicted octanol–water partition coefficient (Wildman–Crippen LogP) is 3.20. The summed E-state index contributed by atoms with van der Waals surface area (Å²) in [6.45, 7) is 4.18. The molecule has 0 N–H and O–H groups in total. The first-order valence-corrected chi connectivity index (χ1v) is 7.62. The SMILES string of the molecule is CC(C)n1cnnc1SCc1nnc(-c2ccccc2)o1. The molecule has 0 aliphatic heterocycles. The summed E-state index contributed by atoms with van der Waals surface area (Å²) < 4.78 is 7.68. The minimum atomic E-state index is 0.324. The van der Waals surface area contributed by atoms with Crippen LogP contribution in [0.25, 0.3) is 11.5 Å². The maximum absolute atomic E-state index is 5.67. The van der Waals surface area contributed by atoms with E-state index in [0.29, 0.717) is 23.6 Å². The molecule has 7 heteroatoms. The molecule has 0 saturated carbocycles. The van der Waals surface area contributed by atoms with E-state index >= 15 is 0 Å². The molecule has 0 unspecified atom stereocenters. The second kappa shape index (κ2) is 6.09. The summed E-state index contributed by atoms with van der Waals surface area (Å²) in [5.74, 6) is 1.69. The van der Waals surface area contributed by atoms with Gasteiger partial charge in [0.25, 0.3) is 0 Å². The van der Waals surface area contributed by atoms with E-state index < -0.39 is 0 Å². The van der Waals surface area contributed by atoms with Crippen LogP contribution in [0.5, 0.6) is 0 Å². The molecule has 1 aromatic carbocycles. The Bertz CT molecular complexity index is 707. The Morgan fingerprint density at radius 3 is 2.71 bits per heavy atom. The fourth-order valence-corrected chi connectivity index (χ4v) is 2.71. The number of aromatic nitrogens is 5. The average molecular weight is 301 g/mol. The monoisotopic (exact) mass is 301 g/mol. The van der Waals surface area contributed by atoms with Gasteiger partial charge in [-0.3, -0.25) is 0 Å². The third-order valence-electron chi connectivity index (χ3n) is 2.91. The Kier molecular flexibility index (Phi) is 4.01. The highest BCUT2D eigenvalue weighted by Crippen LogP contribution is 2.24. The average Bonchev–Trinajstić information content (AvgIpc) is 3.15. The molecule has 0 amide bonds. The van der Waals surface area contributed by atoms with Gasteiger partial charge in [-0.05, 0) is 26.0 Å². The van der Waals surface area contributed by atoms with Gasteiger partial charge < -0.3 is 8.98 Å². The van der Waals surface area contributed by atoms with Gasteiger partial charge >= 0.3 is 0 Å². The largest absolute Gasteiger partial charge is 0.420 e. The first-order valence-electron chi connectivity index (χ1n) is 6.64. The highest BCUT2D eigenvalue weighted by Gasteiger charge is 2.12. The van der Waals surface area contributed by atoms with Crippen LogP contribution in [-0.2, 0) is 5.75 Å². The first kappa shape index (κ1) is 13.8. The lowest BCUT2D eigenvalue weighted by Crippen LogP contribution is -2.00. The lowest BCUT2D eigenvalue weighted by molar-refractivity contribution is 0.526. The van der Waals surface area contributed by atoms with Crippen molar-refractivity contribution in [2.75, 3.05) is 0 Å². The van der Waals surface area contributed by atoms with Gasteiger partial charge in [-0.15, -0.1) is 20.4 Å². The lowest BCUT2D eigenvalue weighted by Gasteiger charge is -2.08. The third kappa shape index (κ3) is 3.13. The van der Waals surface area contributed by atoms with Crippen molar-refractivity contribution in [3.05, 3.63) is 42.5 Å². The standard InChI is InChI=1S/C14H15N5OS/c1-10(2)19-9-15-18-14(19)21-8-12-16-17-13(20-12)11-6-4-3-5-7-11/h3-7,9-10H,8H2,1-2H3. The van der Waals surface area contributed by atoms with Crippen molar-refractivity contribution >= 4 is 11.8 Å². The van der Waals surface area contributed by atoms with Crippen molar-refractivity contribution < 1.29 is 4.42 Å². The summed E-state index contributed by atoms with van der Waals surface area (Å²) in [6, 6.07) is 10.1. The van der Waals surface area contributed by atoms with Crippen molar-refractivity contribution in [1.82, 2.24) is 25.0 Å². The van der Waals surface area contributed by atoms with Crippen LogP contribution < -0.4 is 0 Å². The minimum Gasteiger partial charge on any atom is -0.420 e. The molecular formula is C14H15N5OS. The summed E-state index contributed by atoms with van der Waals surface area (Å²) >= 11 is 1.54. The van der Waals surface area contributed by atoms with E-state index in [4.69, 9.17) is 4.42 Å². The lowest BCUT2D eigenvalue weighted by atomic mass is 10.2. The first-order chi connectivity index (χ1) is 10.2. The Hall–Kier alpha value is -2.15. The van der Waals surface area contributed by atoms with Gasteiger partial charge in [-0.25, -0.2) is 0 Å². The van der Waals surface area contributed by atoms with Crippen LogP contribution in [0.1, 0.15) is 25.8 Å². The third-order valence-corrected chi connectivity index (χ3v) is 3.85. The molecule has 21 heavy (non-hydrogen) atoms. The Balaban J connectivity index is 1.69. The highest BCUT2D eigenvalue weighted by atomic mass is 32.2. The van der Waals surface area contributed by atoms with Gasteiger partial charge in [0.15, 0.2) is 5.16 Å². The number of nitrogens with zero attached hydrogens (tertiary/aromatic N) is 5. The zero-order valence-corrected chi connectivity index (χ0v) is 12.6. The van der Waals surface area contributed by atoms with Gasteiger partial charge in [-0.1, -0.05) is 30.0 Å². The Morgan fingerprint density at radius 2 is 1.95 bits per heavy atom. The van der Waals surface area contributed by atoms with Gasteiger partial charge in [0, 0.05) is 11.6 Å². The number of rotatable bonds is 5. The van der Waals surface area contributed by atoms with Crippen LogP contribution in [0.3, 0.4) is 0 Å². The zero-order chi connectivity index (χ0) is 14.7. The van der Waals surface area contributed by atoms with E-state index in [-0.39, 0.29) is 0 Å². The van der Waals surface area contributed by atoms with Crippen LogP contribution in [-0.4, -0.2) is 25.0 Å². The van der Waals surface area contributed by atoms with Crippen LogP contribution in [0.15, 0.2) is 46.2 Å². The van der Waals surface area contributed by atoms with Gasteiger partial charge in [0.1, 0.15) is 6.33 Å². The molecule has 0 atom stereocenters. The van der Waals surface area contributed by atoms with E-state index in [9.17, 15) is 0 Å². The molecule has 0 bridgehead atoms. The van der Waals surface area contributed by atoms with Crippen LogP contribution in [0.4, 0.5) is 0 Å². The number of thioether (sulfide) groups is 1. The molecular weight excluding hydrogens is 286 g/mol. The van der Waals surface area contributed by atoms with Crippen LogP contribution in [0.2, 0.25) is 0 Å². The molecule has 0 saturated heterocycles. The molecule has 0 spiro atoms. The maximum Gasteiger partial charge on any atom is 0.247 e. The fraction of sp³-hybridized carbons (Fsp3) is 0.286. The van der Waals surface area contributed by atoms with Crippen molar-refractivity contribution in [2.24, 2.45) is 0 Å². The molecule has 3 aromatic rings. The van der Waals surface area contributed by atoms with E-state index in [0.717, 1.165) is 10.7 Å². The van der Waals surface area contributed by atoms with Crippen LogP contribution in [0, 0.1) is 0 Å². The van der Waals surface area contributed by atoms with E-state index in [1.165, 1.54) is 11.8 Å². The summed E-state index contributed by atoms with van der Waals surface area (Å²) in [5, 5.41) is 17.0. The molecule has 0 aliphatic carbocycles. The minimum absolute atomic E-state index is 0.324. The summed E-state index contributed by atoms with van der Waals surface area (Å²) in [4.78, 5) is 0. The number of benzene rings is 1. The van der Waals surface area contributed by atoms with Gasteiger partial charge in [0.2, 0.25) is 11.8 Å². The molecule has 108 valence electrons. The van der Waals surface area contributed by atoms with Crippen molar-refractivity contribution in [2.45, 2.75) is 30.8 Å². The Morgan fingerprint density at radius 1 is 1.14 bits per heavy atom. The topological polar surface area (TPSA) is 69.6 Å². The Labute approximate surface area is 126 Å². The smallest absolute Gasteiger partial charge is 0.247 e. The molecule has 0 fully saturated rings. The maximum atomic E-state index is 5.67. The van der Waals surface area contributed by atoms with Crippen molar-refractivity contribution in [3.8, 4) is 11.5 Å². The van der Waals surface area contributed by atoms with Crippen molar-refractivity contribution in [1.29, 1.82) is 0 Å². The molecule has 6 nitrogen and oxygen atoms in total. The van der Waals surface area contributed by atoms with Crippen molar-refractivity contribution in [3.63, 3.8) is 0 Å². The van der Waals surface area contributed by atoms with E-state index in [1.54, 1.807) is 6.33 Å². The normalized spacial score (nSPS) is 11.2. The number of hydrogen-bond donors (Lipinski definition) is 0. The molecule has 2 heterocycles. The summed E-state index contributed by atoms with van der Waals surface area (Å²) in [6.07, 6.45) is 1.73. The predicted molar refractivity (Wildman–Crippen MR) is 79.7 cm³/mol. The number of hydrogen-bond acceptors (Lipinski definition) is 6. The van der Waals surface area contributed by atoms with E-state index in [1.807, 2.05) is 34.9 Å². The second-order valence-corrected chi connectivity index (χ2v) is 5.71. The zero-order valence-electron chi connectivity index (χ0n) is 11.8. The summed E-state index contributed by atoms with van der Waals surface area (Å²) in [7, 11) is 0. The molecule has 3 rings (SSSR count). The van der Waals surface area contributed by atoms with Gasteiger partial charge in [0.05, 0.1) is 5.75 Å². The fourth-order valence-electron chi connectivity index (χ4n) is 1.83. The quantitative estimate of drug-likeness (QED) is 0.674. The van der Waals surface area contributed by atoms with Gasteiger partial charge in [-0.2, -0.15) is 0 Å². The molecule has 0 aliphatic rings. The molecule has 2 aromatic heterocycles. The second-order valence-electron chi connectivity index (χ2n) is 4.77. The summed E-state index contributed by atoms with van der Waals surface area (Å²) in [5.41, 5.74) is 0.923. The molecule has 0 radical (unpaired) electrons.